The van der Waals surface area contributed by atoms with Gasteiger partial charge in [0, 0.05) is 13.0 Å². The van der Waals surface area contributed by atoms with Crippen LogP contribution >= 0.6 is 0 Å². The van der Waals surface area contributed by atoms with E-state index in [9.17, 15) is 0 Å². The molecule has 0 radical (unpaired) electrons. The van der Waals surface area contributed by atoms with Crippen LogP contribution in [-0.2, 0) is 11.2 Å². The van der Waals surface area contributed by atoms with Crippen LogP contribution in [0.25, 0.3) is 0 Å². The van der Waals surface area contributed by atoms with Gasteiger partial charge in [-0.1, -0.05) is 6.92 Å². The summed E-state index contributed by atoms with van der Waals surface area (Å²) in [5.41, 5.74) is 5.44. The molecule has 2 unspecified atom stereocenters. The zero-order valence-electron chi connectivity index (χ0n) is 9.69. The van der Waals surface area contributed by atoms with Crippen molar-refractivity contribution in [1.82, 2.24) is 10.2 Å². The lowest BCUT2D eigenvalue weighted by Crippen LogP contribution is -2.13. The van der Waals surface area contributed by atoms with Crippen LogP contribution in [0.15, 0.2) is 4.42 Å². The monoisotopic (exact) mass is 225 g/mol. The van der Waals surface area contributed by atoms with Gasteiger partial charge in [0.1, 0.15) is 0 Å². The lowest BCUT2D eigenvalue weighted by molar-refractivity contribution is 0.0963. The van der Waals surface area contributed by atoms with Gasteiger partial charge < -0.3 is 14.9 Å². The molecule has 0 saturated carbocycles. The Morgan fingerprint density at radius 3 is 3.06 bits per heavy atom. The molecule has 5 nitrogen and oxygen atoms in total. The van der Waals surface area contributed by atoms with Gasteiger partial charge in [0.15, 0.2) is 0 Å². The van der Waals surface area contributed by atoms with Crippen molar-refractivity contribution in [1.29, 1.82) is 0 Å². The first kappa shape index (κ1) is 11.5. The Hall–Kier alpha value is -0.940. The summed E-state index contributed by atoms with van der Waals surface area (Å²) >= 11 is 0. The van der Waals surface area contributed by atoms with Crippen LogP contribution in [0.3, 0.4) is 0 Å². The highest BCUT2D eigenvalue weighted by atomic mass is 16.5. The SMILES string of the molecule is CCC1OCCC1c1nnc(CCCN)o1. The minimum atomic E-state index is 0.239. The molecule has 1 aliphatic rings. The molecule has 0 aliphatic carbocycles. The highest BCUT2D eigenvalue weighted by molar-refractivity contribution is 4.98. The summed E-state index contributed by atoms with van der Waals surface area (Å²) in [4.78, 5) is 0. The Labute approximate surface area is 95.4 Å². The summed E-state index contributed by atoms with van der Waals surface area (Å²) in [5.74, 6) is 1.71. The van der Waals surface area contributed by atoms with Gasteiger partial charge >= 0.3 is 0 Å². The molecule has 2 rings (SSSR count). The van der Waals surface area contributed by atoms with E-state index in [0.29, 0.717) is 12.4 Å². The van der Waals surface area contributed by atoms with Crippen LogP contribution in [0.4, 0.5) is 0 Å². The quantitative estimate of drug-likeness (QED) is 0.816. The molecule has 1 aromatic rings. The highest BCUT2D eigenvalue weighted by Gasteiger charge is 2.32. The number of hydrogen-bond acceptors (Lipinski definition) is 5. The number of nitrogens with zero attached hydrogens (tertiary/aromatic N) is 2. The number of hydrogen-bond donors (Lipinski definition) is 1. The lowest BCUT2D eigenvalue weighted by atomic mass is 10.00. The largest absolute Gasteiger partial charge is 0.425 e. The van der Waals surface area contributed by atoms with Gasteiger partial charge in [0.05, 0.1) is 12.0 Å². The molecule has 1 aliphatic heterocycles. The van der Waals surface area contributed by atoms with Crippen molar-refractivity contribution in [3.05, 3.63) is 11.8 Å². The van der Waals surface area contributed by atoms with E-state index < -0.39 is 0 Å². The van der Waals surface area contributed by atoms with Crippen molar-refractivity contribution in [3.8, 4) is 0 Å². The first-order valence-corrected chi connectivity index (χ1v) is 5.99. The molecule has 5 heteroatoms. The first-order valence-electron chi connectivity index (χ1n) is 5.99. The normalized spacial score (nSPS) is 25.1. The zero-order chi connectivity index (χ0) is 11.4. The van der Waals surface area contributed by atoms with E-state index in [1.165, 1.54) is 0 Å². The van der Waals surface area contributed by atoms with Crippen molar-refractivity contribution in [2.24, 2.45) is 5.73 Å². The van der Waals surface area contributed by atoms with E-state index in [1.807, 2.05) is 0 Å². The topological polar surface area (TPSA) is 74.2 Å². The predicted octanol–water partition coefficient (Wildman–Crippen LogP) is 1.24. The number of aryl methyl sites for hydroxylation is 1. The number of nitrogens with two attached hydrogens (primary N) is 1. The van der Waals surface area contributed by atoms with E-state index in [-0.39, 0.29) is 12.0 Å². The second-order valence-electron chi connectivity index (χ2n) is 4.14. The zero-order valence-corrected chi connectivity index (χ0v) is 9.69. The standard InChI is InChI=1S/C11H19N3O2/c1-2-9-8(5-7-15-9)11-14-13-10(16-11)4-3-6-12/h8-9H,2-7,12H2,1H3. The Kier molecular flexibility index (Phi) is 3.90. The van der Waals surface area contributed by atoms with Crippen LogP contribution < -0.4 is 5.73 Å². The average molecular weight is 225 g/mol. The van der Waals surface area contributed by atoms with Crippen LogP contribution in [0.5, 0.6) is 0 Å². The fraction of sp³-hybridized carbons (Fsp3) is 0.818. The molecule has 1 saturated heterocycles. The maximum Gasteiger partial charge on any atom is 0.222 e. The van der Waals surface area contributed by atoms with Crippen molar-refractivity contribution in [2.45, 2.75) is 44.6 Å². The van der Waals surface area contributed by atoms with Crippen LogP contribution in [-0.4, -0.2) is 29.5 Å². The first-order chi connectivity index (χ1) is 7.85. The molecular weight excluding hydrogens is 206 g/mol. The summed E-state index contributed by atoms with van der Waals surface area (Å²) in [6.07, 6.45) is 3.87. The maximum atomic E-state index is 5.64. The number of aromatic nitrogens is 2. The smallest absolute Gasteiger partial charge is 0.222 e. The van der Waals surface area contributed by atoms with Gasteiger partial charge in [0.25, 0.3) is 0 Å². The third-order valence-corrected chi connectivity index (χ3v) is 3.01. The fourth-order valence-corrected chi connectivity index (χ4v) is 2.10. The number of rotatable bonds is 5. The summed E-state index contributed by atoms with van der Waals surface area (Å²) in [6.45, 7) is 3.57. The van der Waals surface area contributed by atoms with Crippen molar-refractivity contribution in [3.63, 3.8) is 0 Å². The van der Waals surface area contributed by atoms with Gasteiger partial charge in [-0.05, 0) is 25.8 Å². The second kappa shape index (κ2) is 5.41. The van der Waals surface area contributed by atoms with E-state index in [0.717, 1.165) is 38.2 Å². The number of ether oxygens (including phenoxy) is 1. The molecular formula is C11H19N3O2. The minimum absolute atomic E-state index is 0.239. The van der Waals surface area contributed by atoms with Gasteiger partial charge in [-0.15, -0.1) is 10.2 Å². The van der Waals surface area contributed by atoms with Crippen molar-refractivity contribution >= 4 is 0 Å². The third kappa shape index (κ3) is 2.41. The summed E-state index contributed by atoms with van der Waals surface area (Å²) in [7, 11) is 0. The Morgan fingerprint density at radius 1 is 1.44 bits per heavy atom. The van der Waals surface area contributed by atoms with Crippen LogP contribution in [0, 0.1) is 0 Å². The minimum Gasteiger partial charge on any atom is -0.425 e. The Balaban J connectivity index is 2.00. The summed E-state index contributed by atoms with van der Waals surface area (Å²) in [6, 6.07) is 0. The molecule has 0 spiro atoms. The van der Waals surface area contributed by atoms with E-state index in [4.69, 9.17) is 14.9 Å². The maximum absolute atomic E-state index is 5.64. The molecule has 90 valence electrons. The molecule has 1 aromatic heterocycles. The molecule has 2 N–H and O–H groups in total. The Bertz CT molecular complexity index is 327. The van der Waals surface area contributed by atoms with Crippen molar-refractivity contribution in [2.75, 3.05) is 13.2 Å². The fourth-order valence-electron chi connectivity index (χ4n) is 2.10. The highest BCUT2D eigenvalue weighted by Crippen LogP contribution is 2.32. The Morgan fingerprint density at radius 2 is 2.31 bits per heavy atom. The summed E-state index contributed by atoms with van der Waals surface area (Å²) in [5, 5.41) is 8.15. The van der Waals surface area contributed by atoms with Gasteiger partial charge in [-0.3, -0.25) is 0 Å². The lowest BCUT2D eigenvalue weighted by Gasteiger charge is -2.11. The van der Waals surface area contributed by atoms with E-state index in [1.54, 1.807) is 0 Å². The molecule has 0 aromatic carbocycles. The molecule has 0 amide bonds. The van der Waals surface area contributed by atoms with Gasteiger partial charge in [0.2, 0.25) is 11.8 Å². The molecule has 2 heterocycles. The molecule has 1 fully saturated rings. The molecule has 0 bridgehead atoms. The third-order valence-electron chi connectivity index (χ3n) is 3.01. The second-order valence-corrected chi connectivity index (χ2v) is 4.14. The van der Waals surface area contributed by atoms with Crippen molar-refractivity contribution < 1.29 is 9.15 Å². The van der Waals surface area contributed by atoms with Gasteiger partial charge in [-0.2, -0.15) is 0 Å². The van der Waals surface area contributed by atoms with Crippen LogP contribution in [0.1, 0.15) is 43.9 Å². The average Bonchev–Trinajstić information content (AvgIpc) is 2.94. The molecule has 2 atom stereocenters. The van der Waals surface area contributed by atoms with Crippen LogP contribution in [0.2, 0.25) is 0 Å². The van der Waals surface area contributed by atoms with E-state index >= 15 is 0 Å². The summed E-state index contributed by atoms with van der Waals surface area (Å²) < 4.78 is 11.3. The van der Waals surface area contributed by atoms with E-state index in [2.05, 4.69) is 17.1 Å². The predicted molar refractivity (Wildman–Crippen MR) is 59.1 cm³/mol. The molecule has 16 heavy (non-hydrogen) atoms. The van der Waals surface area contributed by atoms with Gasteiger partial charge in [-0.25, -0.2) is 0 Å².